The highest BCUT2D eigenvalue weighted by atomic mass is 35.5. The molecule has 2 aromatic rings. The first-order chi connectivity index (χ1) is 9.86. The van der Waals surface area contributed by atoms with E-state index in [0.717, 1.165) is 11.3 Å². The van der Waals surface area contributed by atoms with Gasteiger partial charge in [-0.1, -0.05) is 11.6 Å². The van der Waals surface area contributed by atoms with Crippen molar-refractivity contribution in [3.05, 3.63) is 28.5 Å². The van der Waals surface area contributed by atoms with Crippen LogP contribution in [0.2, 0.25) is 4.47 Å². The highest BCUT2D eigenvalue weighted by Crippen LogP contribution is 2.38. The van der Waals surface area contributed by atoms with Crippen LogP contribution < -0.4 is 10.5 Å². The molecule has 0 aliphatic rings. The number of pyridine rings is 1. The summed E-state index contributed by atoms with van der Waals surface area (Å²) in [5.41, 5.74) is 5.34. The standard InChI is InChI=1S/C12H11ClF3N3OS/c1-20-8-3-2-7(6(4-17)12(14,15)16)19-10(8)9-5-18-11(13)21-9/h2-3,5-6H,4,17H2,1H3. The van der Waals surface area contributed by atoms with E-state index in [4.69, 9.17) is 22.1 Å². The molecule has 0 spiro atoms. The summed E-state index contributed by atoms with van der Waals surface area (Å²) >= 11 is 6.85. The fourth-order valence-corrected chi connectivity index (χ4v) is 2.71. The zero-order chi connectivity index (χ0) is 15.6. The molecule has 2 N–H and O–H groups in total. The van der Waals surface area contributed by atoms with Gasteiger partial charge >= 0.3 is 6.18 Å². The van der Waals surface area contributed by atoms with E-state index in [2.05, 4.69) is 9.97 Å². The summed E-state index contributed by atoms with van der Waals surface area (Å²) in [7, 11) is 1.41. The van der Waals surface area contributed by atoms with E-state index < -0.39 is 18.6 Å². The molecule has 2 heterocycles. The zero-order valence-electron chi connectivity index (χ0n) is 10.8. The summed E-state index contributed by atoms with van der Waals surface area (Å²) < 4.78 is 44.2. The second-order valence-corrected chi connectivity index (χ2v) is 5.71. The van der Waals surface area contributed by atoms with Crippen LogP contribution >= 0.6 is 22.9 Å². The van der Waals surface area contributed by atoms with E-state index in [-0.39, 0.29) is 15.9 Å². The monoisotopic (exact) mass is 337 g/mol. The third kappa shape index (κ3) is 3.45. The van der Waals surface area contributed by atoms with Gasteiger partial charge in [-0.2, -0.15) is 13.2 Å². The summed E-state index contributed by atoms with van der Waals surface area (Å²) in [6.45, 7) is -0.578. The Morgan fingerprint density at radius 1 is 1.43 bits per heavy atom. The molecule has 1 unspecified atom stereocenters. The first-order valence-corrected chi connectivity index (χ1v) is 6.99. The molecule has 21 heavy (non-hydrogen) atoms. The minimum Gasteiger partial charge on any atom is -0.494 e. The second kappa shape index (κ2) is 6.17. The lowest BCUT2D eigenvalue weighted by Gasteiger charge is -2.19. The van der Waals surface area contributed by atoms with Crippen LogP contribution in [0.25, 0.3) is 10.6 Å². The van der Waals surface area contributed by atoms with Crippen molar-refractivity contribution in [3.63, 3.8) is 0 Å². The number of rotatable bonds is 4. The predicted molar refractivity (Wildman–Crippen MR) is 74.8 cm³/mol. The van der Waals surface area contributed by atoms with Crippen LogP contribution in [0.15, 0.2) is 18.3 Å². The van der Waals surface area contributed by atoms with E-state index >= 15 is 0 Å². The van der Waals surface area contributed by atoms with Gasteiger partial charge in [0.15, 0.2) is 4.47 Å². The van der Waals surface area contributed by atoms with Gasteiger partial charge in [0, 0.05) is 12.7 Å². The maximum Gasteiger partial charge on any atom is 0.398 e. The lowest BCUT2D eigenvalue weighted by molar-refractivity contribution is -0.148. The van der Waals surface area contributed by atoms with Crippen LogP contribution in [0, 0.1) is 0 Å². The minimum atomic E-state index is -4.46. The topological polar surface area (TPSA) is 61.0 Å². The van der Waals surface area contributed by atoms with Gasteiger partial charge in [-0.15, -0.1) is 11.3 Å². The Labute approximate surface area is 127 Å². The van der Waals surface area contributed by atoms with Gasteiger partial charge in [-0.3, -0.25) is 0 Å². The number of methoxy groups -OCH3 is 1. The molecule has 114 valence electrons. The molecule has 0 radical (unpaired) electrons. The first kappa shape index (κ1) is 16.0. The molecular weight excluding hydrogens is 327 g/mol. The molecule has 0 saturated heterocycles. The number of nitrogens with zero attached hydrogens (tertiary/aromatic N) is 2. The molecule has 4 nitrogen and oxygen atoms in total. The number of hydrogen-bond donors (Lipinski definition) is 1. The molecule has 0 amide bonds. The van der Waals surface area contributed by atoms with Crippen molar-refractivity contribution in [2.24, 2.45) is 5.73 Å². The Hall–Kier alpha value is -1.38. The van der Waals surface area contributed by atoms with E-state index in [0.29, 0.717) is 10.6 Å². The number of halogens is 4. The van der Waals surface area contributed by atoms with Crippen LogP contribution in [-0.4, -0.2) is 29.8 Å². The lowest BCUT2D eigenvalue weighted by atomic mass is 10.0. The zero-order valence-corrected chi connectivity index (χ0v) is 12.4. The van der Waals surface area contributed by atoms with E-state index in [1.807, 2.05) is 0 Å². The van der Waals surface area contributed by atoms with Crippen LogP contribution in [0.5, 0.6) is 5.75 Å². The minimum absolute atomic E-state index is 0.162. The number of aromatic nitrogens is 2. The molecule has 0 bridgehead atoms. The second-order valence-electron chi connectivity index (χ2n) is 4.09. The number of ether oxygens (including phenoxy) is 1. The molecule has 0 fully saturated rings. The van der Waals surface area contributed by atoms with Crippen molar-refractivity contribution in [1.82, 2.24) is 9.97 Å². The van der Waals surface area contributed by atoms with Gasteiger partial charge in [-0.05, 0) is 12.1 Å². The fraction of sp³-hybridized carbons (Fsp3) is 0.333. The van der Waals surface area contributed by atoms with Gasteiger partial charge < -0.3 is 10.5 Å². The quantitative estimate of drug-likeness (QED) is 0.928. The summed E-state index contributed by atoms with van der Waals surface area (Å²) in [5, 5.41) is 0. The normalized spacial score (nSPS) is 13.2. The van der Waals surface area contributed by atoms with E-state index in [1.165, 1.54) is 25.4 Å². The molecule has 1 atom stereocenters. The van der Waals surface area contributed by atoms with Gasteiger partial charge in [-0.25, -0.2) is 9.97 Å². The van der Waals surface area contributed by atoms with Crippen molar-refractivity contribution < 1.29 is 17.9 Å². The Morgan fingerprint density at radius 3 is 2.62 bits per heavy atom. The van der Waals surface area contributed by atoms with E-state index in [1.54, 1.807) is 0 Å². The van der Waals surface area contributed by atoms with Crippen molar-refractivity contribution in [3.8, 4) is 16.3 Å². The molecule has 0 saturated carbocycles. The number of nitrogens with two attached hydrogens (primary N) is 1. The maximum atomic E-state index is 12.9. The number of hydrogen-bond acceptors (Lipinski definition) is 5. The fourth-order valence-electron chi connectivity index (χ4n) is 1.78. The Bertz CT molecular complexity index is 632. The number of alkyl halides is 3. The smallest absolute Gasteiger partial charge is 0.398 e. The van der Waals surface area contributed by atoms with Crippen molar-refractivity contribution in [2.75, 3.05) is 13.7 Å². The molecule has 2 rings (SSSR count). The van der Waals surface area contributed by atoms with E-state index in [9.17, 15) is 13.2 Å². The highest BCUT2D eigenvalue weighted by molar-refractivity contribution is 7.18. The Morgan fingerprint density at radius 2 is 2.14 bits per heavy atom. The first-order valence-electron chi connectivity index (χ1n) is 5.80. The third-order valence-corrected chi connectivity index (χ3v) is 3.92. The summed E-state index contributed by atoms with van der Waals surface area (Å²) in [5.74, 6) is -1.48. The van der Waals surface area contributed by atoms with Gasteiger partial charge in [0.25, 0.3) is 0 Å². The molecule has 0 aliphatic heterocycles. The largest absolute Gasteiger partial charge is 0.494 e. The molecule has 9 heteroatoms. The molecule has 2 aromatic heterocycles. The summed E-state index contributed by atoms with van der Waals surface area (Å²) in [4.78, 5) is 8.43. The van der Waals surface area contributed by atoms with Crippen LogP contribution in [-0.2, 0) is 0 Å². The average Bonchev–Trinajstić information content (AvgIpc) is 2.84. The van der Waals surface area contributed by atoms with Crippen LogP contribution in [0.4, 0.5) is 13.2 Å². The van der Waals surface area contributed by atoms with Gasteiger partial charge in [0.2, 0.25) is 0 Å². The molecular formula is C12H11ClF3N3OS. The average molecular weight is 338 g/mol. The van der Waals surface area contributed by atoms with Gasteiger partial charge in [0.1, 0.15) is 17.4 Å². The highest BCUT2D eigenvalue weighted by Gasteiger charge is 2.41. The Balaban J connectivity index is 2.52. The van der Waals surface area contributed by atoms with Crippen molar-refractivity contribution in [1.29, 1.82) is 0 Å². The number of thiazole rings is 1. The summed E-state index contributed by atoms with van der Waals surface area (Å²) in [6.07, 6.45) is -3.02. The SMILES string of the molecule is COc1ccc(C(CN)C(F)(F)F)nc1-c1cnc(Cl)s1. The van der Waals surface area contributed by atoms with Gasteiger partial charge in [0.05, 0.1) is 17.7 Å². The molecule has 0 aromatic carbocycles. The predicted octanol–water partition coefficient (Wildman–Crippen LogP) is 3.47. The van der Waals surface area contributed by atoms with Crippen LogP contribution in [0.3, 0.4) is 0 Å². The van der Waals surface area contributed by atoms with Crippen molar-refractivity contribution in [2.45, 2.75) is 12.1 Å². The maximum absolute atomic E-state index is 12.9. The third-order valence-electron chi connectivity index (χ3n) is 2.80. The molecule has 0 aliphatic carbocycles. The Kier molecular flexibility index (Phi) is 4.70. The van der Waals surface area contributed by atoms with Crippen molar-refractivity contribution >= 4 is 22.9 Å². The van der Waals surface area contributed by atoms with Crippen LogP contribution in [0.1, 0.15) is 11.6 Å². The summed E-state index contributed by atoms with van der Waals surface area (Å²) in [6, 6.07) is 2.69. The lowest BCUT2D eigenvalue weighted by Crippen LogP contribution is -2.28.